The van der Waals surface area contributed by atoms with Crippen molar-refractivity contribution in [2.45, 2.75) is 76.0 Å². The van der Waals surface area contributed by atoms with E-state index >= 15 is 0 Å². The summed E-state index contributed by atoms with van der Waals surface area (Å²) in [7, 11) is 1.77. The van der Waals surface area contributed by atoms with Gasteiger partial charge in [0.1, 0.15) is 0 Å². The van der Waals surface area contributed by atoms with Gasteiger partial charge in [0.25, 0.3) is 5.91 Å². The molecule has 3 aliphatic rings. The van der Waals surface area contributed by atoms with Crippen molar-refractivity contribution in [3.05, 3.63) is 46.8 Å². The molecule has 3 fully saturated rings. The van der Waals surface area contributed by atoms with Gasteiger partial charge >= 0.3 is 12.2 Å². The topological polar surface area (TPSA) is 55.9 Å². The summed E-state index contributed by atoms with van der Waals surface area (Å²) in [5.74, 6) is 0.771. The number of likely N-dealkylation sites (N-methyl/N-ethyl adjacent to an activating group) is 1. The van der Waals surface area contributed by atoms with Gasteiger partial charge in [-0.2, -0.15) is 13.2 Å². The van der Waals surface area contributed by atoms with E-state index < -0.39 is 11.7 Å². The summed E-state index contributed by atoms with van der Waals surface area (Å²) in [5, 5.41) is 3.67. The van der Waals surface area contributed by atoms with Gasteiger partial charge in [0.15, 0.2) is 0 Å². The van der Waals surface area contributed by atoms with Crippen LogP contribution in [0.15, 0.2) is 36.4 Å². The van der Waals surface area contributed by atoms with Crippen molar-refractivity contribution in [3.8, 4) is 10.4 Å². The number of rotatable bonds is 8. The summed E-state index contributed by atoms with van der Waals surface area (Å²) in [6.07, 6.45) is 6.79. The predicted octanol–water partition coefficient (Wildman–Crippen LogP) is 6.72. The molecule has 3 amide bonds. The second-order valence-corrected chi connectivity index (χ2v) is 12.9. The van der Waals surface area contributed by atoms with Gasteiger partial charge in [-0.3, -0.25) is 4.79 Å². The number of alkyl halides is 3. The fourth-order valence-corrected chi connectivity index (χ4v) is 7.47. The zero-order chi connectivity index (χ0) is 29.0. The average molecular weight is 591 g/mol. The Morgan fingerprint density at radius 2 is 1.66 bits per heavy atom. The predicted molar refractivity (Wildman–Crippen MR) is 156 cm³/mol. The average Bonchev–Trinajstić information content (AvgIpc) is 3.76. The molecule has 1 saturated carbocycles. The van der Waals surface area contributed by atoms with Crippen molar-refractivity contribution >= 4 is 23.3 Å². The maximum Gasteiger partial charge on any atom is 0.416 e. The van der Waals surface area contributed by atoms with Crippen LogP contribution in [-0.2, 0) is 6.18 Å². The van der Waals surface area contributed by atoms with Gasteiger partial charge in [-0.05, 0) is 68.0 Å². The SMILES string of the molecule is CN(C(=O)c1ccc(-c2ccc(C(F)(F)F)cc2)s1)[C@H]1CCN(C(=O)N2CC[C@@H](NCCCC3CCCCC3)C2)C1. The van der Waals surface area contributed by atoms with Crippen LogP contribution in [0.3, 0.4) is 0 Å². The molecule has 2 saturated heterocycles. The lowest BCUT2D eigenvalue weighted by Gasteiger charge is -2.27. The number of likely N-dealkylation sites (tertiary alicyclic amines) is 2. The minimum atomic E-state index is -4.38. The number of urea groups is 1. The third kappa shape index (κ3) is 7.44. The number of halogens is 3. The lowest BCUT2D eigenvalue weighted by atomic mass is 9.86. The largest absolute Gasteiger partial charge is 0.416 e. The smallest absolute Gasteiger partial charge is 0.336 e. The number of hydrogen-bond acceptors (Lipinski definition) is 4. The first-order chi connectivity index (χ1) is 19.7. The molecule has 2 aromatic rings. The number of carbonyl (C=O) groups is 2. The quantitative estimate of drug-likeness (QED) is 0.347. The Morgan fingerprint density at radius 1 is 0.951 bits per heavy atom. The molecule has 6 nitrogen and oxygen atoms in total. The van der Waals surface area contributed by atoms with E-state index in [4.69, 9.17) is 0 Å². The second kappa shape index (κ2) is 13.2. The van der Waals surface area contributed by atoms with E-state index in [-0.39, 0.29) is 18.0 Å². The molecule has 10 heteroatoms. The van der Waals surface area contributed by atoms with Gasteiger partial charge in [0, 0.05) is 44.1 Å². The number of thiophene rings is 1. The van der Waals surface area contributed by atoms with Crippen molar-refractivity contribution in [3.63, 3.8) is 0 Å². The summed E-state index contributed by atoms with van der Waals surface area (Å²) in [4.78, 5) is 33.2. The normalized spacial score (nSPS) is 22.0. The summed E-state index contributed by atoms with van der Waals surface area (Å²) in [5.41, 5.74) is -0.0512. The molecule has 5 rings (SSSR count). The third-order valence-electron chi connectivity index (χ3n) is 9.02. The fourth-order valence-electron chi connectivity index (χ4n) is 6.48. The summed E-state index contributed by atoms with van der Waals surface area (Å²) < 4.78 is 38.7. The van der Waals surface area contributed by atoms with Gasteiger partial charge in [-0.1, -0.05) is 44.2 Å². The number of nitrogens with zero attached hydrogens (tertiary/aromatic N) is 3. The molecule has 1 aromatic heterocycles. The Bertz CT molecular complexity index is 1180. The van der Waals surface area contributed by atoms with Gasteiger partial charge in [-0.15, -0.1) is 11.3 Å². The first-order valence-electron chi connectivity index (χ1n) is 15.0. The molecule has 2 aliphatic heterocycles. The third-order valence-corrected chi connectivity index (χ3v) is 10.1. The van der Waals surface area contributed by atoms with E-state index in [0.717, 1.165) is 55.4 Å². The Kier molecular flexibility index (Phi) is 9.59. The second-order valence-electron chi connectivity index (χ2n) is 11.9. The molecule has 0 bridgehead atoms. The van der Waals surface area contributed by atoms with Crippen LogP contribution in [-0.4, -0.2) is 78.5 Å². The standard InChI is InChI=1S/C31H41F3N4O2S/c1-36(29(39)28-14-13-27(41-28)23-9-11-24(12-10-23)31(32,33)34)26-16-19-38(21-26)30(40)37-18-15-25(20-37)35-17-5-8-22-6-3-2-4-7-22/h9-14,22,25-26,35H,2-8,15-21H2,1H3/t25-,26+/m1/s1. The molecule has 0 radical (unpaired) electrons. The maximum atomic E-state index is 13.2. The van der Waals surface area contributed by atoms with E-state index in [2.05, 4.69) is 5.32 Å². The molecule has 0 unspecified atom stereocenters. The van der Waals surface area contributed by atoms with Crippen LogP contribution in [0, 0.1) is 5.92 Å². The van der Waals surface area contributed by atoms with E-state index in [1.54, 1.807) is 24.1 Å². The van der Waals surface area contributed by atoms with Crippen molar-refractivity contribution in [1.82, 2.24) is 20.0 Å². The molecule has 1 aromatic carbocycles. The molecular weight excluding hydrogens is 549 g/mol. The van der Waals surface area contributed by atoms with E-state index in [1.165, 1.54) is 68.4 Å². The first-order valence-corrected chi connectivity index (χ1v) is 15.8. The van der Waals surface area contributed by atoms with Crippen LogP contribution < -0.4 is 5.32 Å². The highest BCUT2D eigenvalue weighted by Gasteiger charge is 2.36. The number of nitrogens with one attached hydrogen (secondary N) is 1. The van der Waals surface area contributed by atoms with E-state index in [1.807, 2.05) is 9.80 Å². The van der Waals surface area contributed by atoms with Gasteiger partial charge in [0.05, 0.1) is 16.5 Å². The number of carbonyl (C=O) groups excluding carboxylic acids is 2. The molecule has 3 heterocycles. The van der Waals surface area contributed by atoms with Gasteiger partial charge in [0.2, 0.25) is 0 Å². The highest BCUT2D eigenvalue weighted by atomic mass is 32.1. The molecule has 1 N–H and O–H groups in total. The first kappa shape index (κ1) is 29.9. The minimum Gasteiger partial charge on any atom is -0.336 e. The van der Waals surface area contributed by atoms with E-state index in [9.17, 15) is 22.8 Å². The van der Waals surface area contributed by atoms with Crippen molar-refractivity contribution in [2.75, 3.05) is 39.8 Å². The molecular formula is C31H41F3N4O2S. The Balaban J connectivity index is 1.07. The maximum absolute atomic E-state index is 13.2. The van der Waals surface area contributed by atoms with Crippen molar-refractivity contribution < 1.29 is 22.8 Å². The van der Waals surface area contributed by atoms with Crippen molar-refractivity contribution in [1.29, 1.82) is 0 Å². The zero-order valence-corrected chi connectivity index (χ0v) is 24.6. The lowest BCUT2D eigenvalue weighted by molar-refractivity contribution is -0.137. The van der Waals surface area contributed by atoms with Crippen LogP contribution in [0.25, 0.3) is 10.4 Å². The van der Waals surface area contributed by atoms with E-state index in [0.29, 0.717) is 29.6 Å². The summed E-state index contributed by atoms with van der Waals surface area (Å²) in [6.45, 7) is 3.65. The molecule has 2 atom stereocenters. The summed E-state index contributed by atoms with van der Waals surface area (Å²) >= 11 is 1.27. The van der Waals surface area contributed by atoms with Crippen LogP contribution in [0.4, 0.5) is 18.0 Å². The highest BCUT2D eigenvalue weighted by Crippen LogP contribution is 2.34. The monoisotopic (exact) mass is 590 g/mol. The van der Waals surface area contributed by atoms with Crippen molar-refractivity contribution in [2.24, 2.45) is 5.92 Å². The lowest BCUT2D eigenvalue weighted by Crippen LogP contribution is -2.45. The van der Waals surface area contributed by atoms with Crippen LogP contribution in [0.1, 0.15) is 73.0 Å². The van der Waals surface area contributed by atoms with Gasteiger partial charge < -0.3 is 20.0 Å². The Labute approximate surface area is 244 Å². The fraction of sp³-hybridized carbons (Fsp3) is 0.613. The molecule has 41 heavy (non-hydrogen) atoms. The van der Waals surface area contributed by atoms with Crippen LogP contribution in [0.2, 0.25) is 0 Å². The Hall–Kier alpha value is -2.59. The molecule has 0 spiro atoms. The Morgan fingerprint density at radius 3 is 2.39 bits per heavy atom. The molecule has 224 valence electrons. The number of hydrogen-bond donors (Lipinski definition) is 1. The van der Waals surface area contributed by atoms with Crippen LogP contribution in [0.5, 0.6) is 0 Å². The van der Waals surface area contributed by atoms with Gasteiger partial charge in [-0.25, -0.2) is 4.79 Å². The van der Waals surface area contributed by atoms with Crippen LogP contribution >= 0.6 is 11.3 Å². The number of benzene rings is 1. The summed E-state index contributed by atoms with van der Waals surface area (Å²) in [6, 6.07) is 8.82. The molecule has 1 aliphatic carbocycles. The number of amides is 3. The zero-order valence-electron chi connectivity index (χ0n) is 23.8. The highest BCUT2D eigenvalue weighted by molar-refractivity contribution is 7.17. The minimum absolute atomic E-state index is 0.0561.